The maximum absolute atomic E-state index is 14.0. The first-order chi connectivity index (χ1) is 18.8. The molecule has 3 aromatic carbocycles. The van der Waals surface area contributed by atoms with Crippen LogP contribution in [0.3, 0.4) is 0 Å². The summed E-state index contributed by atoms with van der Waals surface area (Å²) in [5.74, 6) is 0.641. The van der Waals surface area contributed by atoms with Crippen molar-refractivity contribution in [2.45, 2.75) is 44.0 Å². The van der Waals surface area contributed by atoms with Gasteiger partial charge in [-0.25, -0.2) is 8.42 Å². The van der Waals surface area contributed by atoms with E-state index in [0.29, 0.717) is 36.8 Å². The summed E-state index contributed by atoms with van der Waals surface area (Å²) in [6, 6.07) is 15.0. The molecule has 0 radical (unpaired) electrons. The summed E-state index contributed by atoms with van der Waals surface area (Å²) in [4.78, 5) is 14.8. The number of hydrogen-bond donors (Lipinski definition) is 1. The fraction of sp³-hybridized carbons (Fsp3) is 0.345. The molecule has 11 heteroatoms. The van der Waals surface area contributed by atoms with Crippen LogP contribution < -0.4 is 19.7 Å². The van der Waals surface area contributed by atoms with Gasteiger partial charge in [0, 0.05) is 31.0 Å². The van der Waals surface area contributed by atoms with E-state index in [2.05, 4.69) is 5.32 Å². The van der Waals surface area contributed by atoms with Crippen LogP contribution in [0.4, 0.5) is 18.9 Å². The summed E-state index contributed by atoms with van der Waals surface area (Å²) < 4.78 is 76.8. The second-order valence-electron chi connectivity index (χ2n) is 9.85. The number of carbonyl (C=O) groups excluding carboxylic acids is 1. The molecule has 0 aliphatic carbocycles. The molecule has 0 unspecified atom stereocenters. The van der Waals surface area contributed by atoms with Crippen molar-refractivity contribution in [3.8, 4) is 11.5 Å². The van der Waals surface area contributed by atoms with Gasteiger partial charge in [0.25, 0.3) is 5.91 Å². The first-order valence-electron chi connectivity index (χ1n) is 12.8. The number of ether oxygens (including phenoxy) is 2. The number of anilines is 1. The van der Waals surface area contributed by atoms with E-state index in [1.54, 1.807) is 24.3 Å². The molecule has 1 heterocycles. The number of nitrogens with zero attached hydrogens (tertiary/aromatic N) is 1. The lowest BCUT2D eigenvalue weighted by molar-refractivity contribution is -0.138. The van der Waals surface area contributed by atoms with Crippen LogP contribution in [-0.4, -0.2) is 46.4 Å². The Hall–Kier alpha value is -3.73. The molecule has 1 amide bonds. The van der Waals surface area contributed by atoms with Crippen LogP contribution in [0.2, 0.25) is 0 Å². The van der Waals surface area contributed by atoms with Crippen molar-refractivity contribution in [1.82, 2.24) is 5.32 Å². The lowest BCUT2D eigenvalue weighted by atomic mass is 10.00. The van der Waals surface area contributed by atoms with Crippen molar-refractivity contribution in [3.05, 3.63) is 82.9 Å². The Balaban J connectivity index is 1.47. The summed E-state index contributed by atoms with van der Waals surface area (Å²) in [5.41, 5.74) is 0.488. The Labute approximate surface area is 231 Å². The van der Waals surface area contributed by atoms with E-state index >= 15 is 0 Å². The number of carbonyl (C=O) groups is 1. The molecular formula is C29H31F3N2O5S. The summed E-state index contributed by atoms with van der Waals surface area (Å²) >= 11 is 0. The molecule has 0 atom stereocenters. The lowest BCUT2D eigenvalue weighted by Crippen LogP contribution is -2.34. The van der Waals surface area contributed by atoms with E-state index in [4.69, 9.17) is 9.47 Å². The Kier molecular flexibility index (Phi) is 8.62. The summed E-state index contributed by atoms with van der Waals surface area (Å²) in [6.45, 7) is 5.11. The maximum atomic E-state index is 14.0. The molecular weight excluding hydrogens is 545 g/mol. The fourth-order valence-electron chi connectivity index (χ4n) is 4.42. The predicted octanol–water partition coefficient (Wildman–Crippen LogP) is 5.27. The number of halogens is 3. The van der Waals surface area contributed by atoms with E-state index in [9.17, 15) is 26.4 Å². The van der Waals surface area contributed by atoms with E-state index in [0.717, 1.165) is 18.0 Å². The predicted molar refractivity (Wildman–Crippen MR) is 146 cm³/mol. The molecule has 7 nitrogen and oxygen atoms in total. The minimum atomic E-state index is -4.64. The van der Waals surface area contributed by atoms with E-state index < -0.39 is 27.5 Å². The number of rotatable bonds is 9. The zero-order chi connectivity index (χ0) is 29.1. The zero-order valence-electron chi connectivity index (χ0n) is 22.4. The van der Waals surface area contributed by atoms with Crippen molar-refractivity contribution >= 4 is 21.4 Å². The second kappa shape index (κ2) is 11.8. The third kappa shape index (κ3) is 7.26. The topological polar surface area (TPSA) is 84.9 Å². The van der Waals surface area contributed by atoms with Crippen molar-refractivity contribution in [2.24, 2.45) is 0 Å². The summed E-state index contributed by atoms with van der Waals surface area (Å²) in [7, 11) is -3.36. The van der Waals surface area contributed by atoms with Gasteiger partial charge in [-0.15, -0.1) is 0 Å². The van der Waals surface area contributed by atoms with Gasteiger partial charge >= 0.3 is 6.18 Å². The van der Waals surface area contributed by atoms with Crippen LogP contribution in [0.25, 0.3) is 0 Å². The van der Waals surface area contributed by atoms with E-state index in [-0.39, 0.29) is 35.1 Å². The highest BCUT2D eigenvalue weighted by molar-refractivity contribution is 7.90. The molecule has 1 aliphatic heterocycles. The number of amides is 1. The number of benzene rings is 3. The highest BCUT2D eigenvalue weighted by Gasteiger charge is 2.34. The molecule has 0 saturated carbocycles. The molecule has 0 saturated heterocycles. The third-order valence-electron chi connectivity index (χ3n) is 6.39. The van der Waals surface area contributed by atoms with Crippen molar-refractivity contribution < 1.29 is 35.9 Å². The number of fused-ring (bicyclic) bond motifs is 1. The van der Waals surface area contributed by atoms with Gasteiger partial charge in [-0.05, 0) is 67.8 Å². The average molecular weight is 577 g/mol. The average Bonchev–Trinajstić information content (AvgIpc) is 2.89. The Morgan fingerprint density at radius 3 is 2.45 bits per heavy atom. The van der Waals surface area contributed by atoms with E-state index in [1.807, 2.05) is 24.8 Å². The zero-order valence-corrected chi connectivity index (χ0v) is 23.2. The minimum Gasteiger partial charge on any atom is -0.491 e. The standard InChI is InChI=1S/C29H31F3N2O5S/c1-19(2)39-23-8-11-27-26(17-23)34(14-15-38-27)13-12-21-6-7-22(16-25(21)29(30,31)32)28(35)33-18-20-4-9-24(10-5-20)40(3,36)37/h4-11,16-17,19H,12-15,18H2,1-3H3,(H,33,35). The Morgan fingerprint density at radius 1 is 1.07 bits per heavy atom. The SMILES string of the molecule is CC(C)Oc1ccc2c(c1)N(CCc1ccc(C(=O)NCc3ccc(S(C)(=O)=O)cc3)cc1C(F)(F)F)CCO2. The van der Waals surface area contributed by atoms with Gasteiger partial charge in [0.2, 0.25) is 0 Å². The minimum absolute atomic E-state index is 0.0264. The van der Waals surface area contributed by atoms with Gasteiger partial charge in [-0.3, -0.25) is 4.79 Å². The van der Waals surface area contributed by atoms with Crippen LogP contribution in [0.15, 0.2) is 65.6 Å². The van der Waals surface area contributed by atoms with E-state index in [1.165, 1.54) is 24.3 Å². The van der Waals surface area contributed by atoms with Gasteiger partial charge in [0.05, 0.1) is 28.8 Å². The quantitative estimate of drug-likeness (QED) is 0.374. The molecule has 0 bridgehead atoms. The van der Waals surface area contributed by atoms with Gasteiger partial charge in [0.1, 0.15) is 18.1 Å². The van der Waals surface area contributed by atoms with Gasteiger partial charge in [0.15, 0.2) is 9.84 Å². The smallest absolute Gasteiger partial charge is 0.416 e. The van der Waals surface area contributed by atoms with Crippen molar-refractivity contribution in [1.29, 1.82) is 0 Å². The molecule has 1 N–H and O–H groups in total. The van der Waals surface area contributed by atoms with Crippen molar-refractivity contribution in [2.75, 3.05) is 30.9 Å². The molecule has 3 aromatic rings. The van der Waals surface area contributed by atoms with Crippen LogP contribution in [-0.2, 0) is 29.0 Å². The molecule has 0 spiro atoms. The monoisotopic (exact) mass is 576 g/mol. The number of sulfone groups is 1. The van der Waals surface area contributed by atoms with Gasteiger partial charge < -0.3 is 19.7 Å². The molecule has 1 aliphatic rings. The summed E-state index contributed by atoms with van der Waals surface area (Å²) in [6.07, 6.45) is -3.47. The molecule has 40 heavy (non-hydrogen) atoms. The first-order valence-corrected chi connectivity index (χ1v) is 14.7. The van der Waals surface area contributed by atoms with Gasteiger partial charge in [-0.1, -0.05) is 18.2 Å². The molecule has 0 fully saturated rings. The largest absolute Gasteiger partial charge is 0.491 e. The van der Waals surface area contributed by atoms with Crippen LogP contribution in [0.5, 0.6) is 11.5 Å². The first kappa shape index (κ1) is 29.3. The highest BCUT2D eigenvalue weighted by Crippen LogP contribution is 2.37. The second-order valence-corrected chi connectivity index (χ2v) is 11.9. The number of alkyl halides is 3. The maximum Gasteiger partial charge on any atom is 0.416 e. The number of hydrogen-bond acceptors (Lipinski definition) is 6. The Bertz CT molecular complexity index is 1470. The Morgan fingerprint density at radius 2 is 1.80 bits per heavy atom. The van der Waals surface area contributed by atoms with Crippen molar-refractivity contribution in [3.63, 3.8) is 0 Å². The molecule has 214 valence electrons. The number of nitrogens with one attached hydrogen (secondary N) is 1. The lowest BCUT2D eigenvalue weighted by Gasteiger charge is -2.32. The normalized spacial score (nSPS) is 13.5. The summed E-state index contributed by atoms with van der Waals surface area (Å²) in [5, 5.41) is 2.60. The van der Waals surface area contributed by atoms with Crippen LogP contribution >= 0.6 is 0 Å². The third-order valence-corrected chi connectivity index (χ3v) is 7.52. The van der Waals surface area contributed by atoms with Crippen LogP contribution in [0.1, 0.15) is 40.9 Å². The van der Waals surface area contributed by atoms with Crippen LogP contribution in [0, 0.1) is 0 Å². The fourth-order valence-corrected chi connectivity index (χ4v) is 5.05. The molecule has 4 rings (SSSR count). The molecule has 0 aromatic heterocycles. The highest BCUT2D eigenvalue weighted by atomic mass is 32.2. The van der Waals surface area contributed by atoms with Gasteiger partial charge in [-0.2, -0.15) is 13.2 Å².